The number of hydrogen-bond donors (Lipinski definition) is 2. The van der Waals surface area contributed by atoms with Crippen molar-refractivity contribution in [1.82, 2.24) is 15.3 Å². The van der Waals surface area contributed by atoms with Crippen LogP contribution in [0.4, 0.5) is 5.82 Å². The zero-order valence-electron chi connectivity index (χ0n) is 16.0. The average molecular weight is 395 g/mol. The lowest BCUT2D eigenvalue weighted by molar-refractivity contribution is 0.0945. The van der Waals surface area contributed by atoms with Crippen LogP contribution in [0.15, 0.2) is 54.6 Å². The molecule has 0 aliphatic carbocycles. The van der Waals surface area contributed by atoms with Gasteiger partial charge in [0.2, 0.25) is 0 Å². The number of anilines is 1. The van der Waals surface area contributed by atoms with Crippen LogP contribution in [0.5, 0.6) is 0 Å². The maximum atomic E-state index is 12.5. The summed E-state index contributed by atoms with van der Waals surface area (Å²) in [6.07, 6.45) is 0.829. The number of amides is 1. The Bertz CT molecular complexity index is 940. The maximum Gasteiger partial charge on any atom is 0.270 e. The summed E-state index contributed by atoms with van der Waals surface area (Å²) in [7, 11) is 0. The first kappa shape index (κ1) is 19.8. The van der Waals surface area contributed by atoms with E-state index in [-0.39, 0.29) is 5.91 Å². The molecule has 6 heteroatoms. The van der Waals surface area contributed by atoms with Crippen LogP contribution in [0, 0.1) is 13.8 Å². The number of nitrogens with one attached hydrogen (secondary N) is 2. The Kier molecular flexibility index (Phi) is 6.61. The predicted octanol–water partition coefficient (Wildman–Crippen LogP) is 4.33. The molecule has 2 aromatic carbocycles. The fraction of sp³-hybridized carbons (Fsp3) is 0.227. The van der Waals surface area contributed by atoms with Crippen molar-refractivity contribution in [3.63, 3.8) is 0 Å². The van der Waals surface area contributed by atoms with E-state index in [0.29, 0.717) is 30.4 Å². The topological polar surface area (TPSA) is 66.9 Å². The Morgan fingerprint density at radius 1 is 0.964 bits per heavy atom. The molecule has 0 aliphatic heterocycles. The monoisotopic (exact) mass is 394 g/mol. The Morgan fingerprint density at radius 2 is 1.64 bits per heavy atom. The molecular weight excluding hydrogens is 372 g/mol. The lowest BCUT2D eigenvalue weighted by atomic mass is 10.1. The molecule has 0 bridgehead atoms. The van der Waals surface area contributed by atoms with E-state index < -0.39 is 0 Å². The molecule has 0 unspecified atom stereocenters. The molecule has 0 aliphatic rings. The lowest BCUT2D eigenvalue weighted by Gasteiger charge is -2.10. The van der Waals surface area contributed by atoms with Crippen LogP contribution in [0.2, 0.25) is 5.02 Å². The van der Waals surface area contributed by atoms with Crippen molar-refractivity contribution < 1.29 is 4.79 Å². The second-order valence-corrected chi connectivity index (χ2v) is 7.09. The van der Waals surface area contributed by atoms with Crippen molar-refractivity contribution in [2.45, 2.75) is 26.8 Å². The van der Waals surface area contributed by atoms with Gasteiger partial charge >= 0.3 is 0 Å². The third kappa shape index (κ3) is 5.79. The van der Waals surface area contributed by atoms with Gasteiger partial charge < -0.3 is 10.6 Å². The molecule has 0 saturated heterocycles. The van der Waals surface area contributed by atoms with Crippen LogP contribution in [-0.4, -0.2) is 22.4 Å². The summed E-state index contributed by atoms with van der Waals surface area (Å²) in [5, 5.41) is 6.89. The summed E-state index contributed by atoms with van der Waals surface area (Å²) in [6.45, 7) is 4.97. The van der Waals surface area contributed by atoms with Gasteiger partial charge in [-0.3, -0.25) is 4.79 Å². The van der Waals surface area contributed by atoms with E-state index in [4.69, 9.17) is 11.6 Å². The zero-order chi connectivity index (χ0) is 19.9. The van der Waals surface area contributed by atoms with Gasteiger partial charge in [0, 0.05) is 24.2 Å². The number of aryl methyl sites for hydroxylation is 2. The second-order valence-electron chi connectivity index (χ2n) is 6.66. The highest BCUT2D eigenvalue weighted by Gasteiger charge is 2.10. The van der Waals surface area contributed by atoms with Crippen LogP contribution >= 0.6 is 11.6 Å². The van der Waals surface area contributed by atoms with Gasteiger partial charge in [-0.2, -0.15) is 0 Å². The minimum atomic E-state index is -0.216. The molecule has 0 saturated carbocycles. The molecule has 0 atom stereocenters. The van der Waals surface area contributed by atoms with Crippen LogP contribution in [0.3, 0.4) is 0 Å². The van der Waals surface area contributed by atoms with Crippen LogP contribution in [0.1, 0.15) is 33.0 Å². The van der Waals surface area contributed by atoms with Crippen molar-refractivity contribution in [1.29, 1.82) is 0 Å². The first-order valence-electron chi connectivity index (χ1n) is 9.17. The lowest BCUT2D eigenvalue weighted by Crippen LogP contribution is -2.24. The largest absolute Gasteiger partial charge is 0.370 e. The second kappa shape index (κ2) is 9.33. The van der Waals surface area contributed by atoms with E-state index in [1.807, 2.05) is 55.5 Å². The molecule has 1 heterocycles. The van der Waals surface area contributed by atoms with Gasteiger partial charge in [0.1, 0.15) is 17.3 Å². The van der Waals surface area contributed by atoms with Crippen LogP contribution in [-0.2, 0) is 13.0 Å². The standard InChI is InChI=1S/C22H23ClN4O/c1-15-3-5-18(6-4-15)14-25-22(28)20-13-21(27-16(2)26-20)24-12-11-17-7-9-19(23)10-8-17/h3-10,13H,11-12,14H2,1-2H3,(H,25,28)(H,24,26,27). The molecule has 3 aromatic rings. The Morgan fingerprint density at radius 3 is 2.36 bits per heavy atom. The molecule has 5 nitrogen and oxygen atoms in total. The first-order chi connectivity index (χ1) is 13.5. The minimum absolute atomic E-state index is 0.216. The molecule has 144 valence electrons. The van der Waals surface area contributed by atoms with Gasteiger partial charge in [0.15, 0.2) is 0 Å². The number of nitrogens with zero attached hydrogens (tertiary/aromatic N) is 2. The van der Waals surface area contributed by atoms with Crippen molar-refractivity contribution in [3.05, 3.63) is 87.8 Å². The fourth-order valence-electron chi connectivity index (χ4n) is 2.74. The molecule has 0 fully saturated rings. The van der Waals surface area contributed by atoms with E-state index in [1.54, 1.807) is 13.0 Å². The van der Waals surface area contributed by atoms with Gasteiger partial charge in [-0.25, -0.2) is 9.97 Å². The van der Waals surface area contributed by atoms with Crippen molar-refractivity contribution in [3.8, 4) is 0 Å². The predicted molar refractivity (Wildman–Crippen MR) is 113 cm³/mol. The number of halogens is 1. The maximum absolute atomic E-state index is 12.5. The van der Waals surface area contributed by atoms with Crippen LogP contribution < -0.4 is 10.6 Å². The number of carbonyl (C=O) groups excluding carboxylic acids is 1. The summed E-state index contributed by atoms with van der Waals surface area (Å²) < 4.78 is 0. The summed E-state index contributed by atoms with van der Waals surface area (Å²) in [6, 6.07) is 17.5. The summed E-state index contributed by atoms with van der Waals surface area (Å²) >= 11 is 5.91. The normalized spacial score (nSPS) is 10.5. The highest BCUT2D eigenvalue weighted by atomic mass is 35.5. The molecule has 0 radical (unpaired) electrons. The minimum Gasteiger partial charge on any atom is -0.370 e. The molecule has 0 spiro atoms. The molecule has 3 rings (SSSR count). The highest BCUT2D eigenvalue weighted by molar-refractivity contribution is 6.30. The smallest absolute Gasteiger partial charge is 0.270 e. The van der Waals surface area contributed by atoms with Gasteiger partial charge in [-0.15, -0.1) is 0 Å². The molecule has 2 N–H and O–H groups in total. The van der Waals surface area contributed by atoms with E-state index in [1.165, 1.54) is 11.1 Å². The molecule has 1 aromatic heterocycles. The SMILES string of the molecule is Cc1ccc(CNC(=O)c2cc(NCCc3ccc(Cl)cc3)nc(C)n2)cc1. The van der Waals surface area contributed by atoms with E-state index >= 15 is 0 Å². The summed E-state index contributed by atoms with van der Waals surface area (Å²) in [5.41, 5.74) is 3.77. The number of aromatic nitrogens is 2. The molecule has 28 heavy (non-hydrogen) atoms. The molecule has 1 amide bonds. The quantitative estimate of drug-likeness (QED) is 0.625. The van der Waals surface area contributed by atoms with Gasteiger partial charge in [-0.1, -0.05) is 53.6 Å². The third-order valence-electron chi connectivity index (χ3n) is 4.28. The van der Waals surface area contributed by atoms with Crippen molar-refractivity contribution in [2.24, 2.45) is 0 Å². The van der Waals surface area contributed by atoms with Crippen molar-refractivity contribution in [2.75, 3.05) is 11.9 Å². The average Bonchev–Trinajstić information content (AvgIpc) is 2.68. The highest BCUT2D eigenvalue weighted by Crippen LogP contribution is 2.11. The Hall–Kier alpha value is -2.92. The third-order valence-corrected chi connectivity index (χ3v) is 4.53. The number of carbonyl (C=O) groups is 1. The number of hydrogen-bond acceptors (Lipinski definition) is 4. The fourth-order valence-corrected chi connectivity index (χ4v) is 2.87. The number of benzene rings is 2. The van der Waals surface area contributed by atoms with Gasteiger partial charge in [0.25, 0.3) is 5.91 Å². The van der Waals surface area contributed by atoms with E-state index in [0.717, 1.165) is 17.0 Å². The molecular formula is C22H23ClN4O. The van der Waals surface area contributed by atoms with Gasteiger partial charge in [0.05, 0.1) is 0 Å². The van der Waals surface area contributed by atoms with Gasteiger partial charge in [-0.05, 0) is 43.5 Å². The van der Waals surface area contributed by atoms with Crippen LogP contribution in [0.25, 0.3) is 0 Å². The zero-order valence-corrected chi connectivity index (χ0v) is 16.8. The number of rotatable bonds is 7. The Labute approximate surface area is 170 Å². The Balaban J connectivity index is 1.57. The van der Waals surface area contributed by atoms with Crippen molar-refractivity contribution >= 4 is 23.3 Å². The van der Waals surface area contributed by atoms with E-state index in [9.17, 15) is 4.79 Å². The summed E-state index contributed by atoms with van der Waals surface area (Å²) in [5.74, 6) is 0.978. The first-order valence-corrected chi connectivity index (χ1v) is 9.55. The summed E-state index contributed by atoms with van der Waals surface area (Å²) in [4.78, 5) is 21.1. The van der Waals surface area contributed by atoms with E-state index in [2.05, 4.69) is 20.6 Å².